The number of hydrogen-bond donors (Lipinski definition) is 1. The highest BCUT2D eigenvalue weighted by Gasteiger charge is 2.07. The van der Waals surface area contributed by atoms with Crippen LogP contribution < -0.4 is 10.9 Å². The summed E-state index contributed by atoms with van der Waals surface area (Å²) in [6.45, 7) is 1.76. The summed E-state index contributed by atoms with van der Waals surface area (Å²) in [6, 6.07) is 11.1. The van der Waals surface area contributed by atoms with Crippen LogP contribution >= 0.6 is 31.9 Å². The lowest BCUT2D eigenvalue weighted by Gasteiger charge is -2.08. The molecule has 3 rings (SSSR count). The highest BCUT2D eigenvalue weighted by Crippen LogP contribution is 2.31. The molecule has 0 saturated carbocycles. The Kier molecular flexibility index (Phi) is 4.82. The fourth-order valence-electron chi connectivity index (χ4n) is 2.40. The zero-order valence-electron chi connectivity index (χ0n) is 13.0. The Morgan fingerprint density at radius 1 is 1.21 bits per heavy atom. The lowest BCUT2D eigenvalue weighted by atomic mass is 10.2. The minimum Gasteiger partial charge on any atom is -0.386 e. The van der Waals surface area contributed by atoms with Gasteiger partial charge in [-0.2, -0.15) is 9.78 Å². The fourth-order valence-corrected chi connectivity index (χ4v) is 4.02. The number of rotatable bonds is 3. The number of nitrogens with one attached hydrogen (secondary N) is 1. The van der Waals surface area contributed by atoms with Crippen molar-refractivity contribution in [3.05, 3.63) is 67.1 Å². The molecule has 0 aliphatic heterocycles. The summed E-state index contributed by atoms with van der Waals surface area (Å²) in [5.74, 6) is 0.542. The Bertz CT molecular complexity index is 988. The standard InChI is InChI=1S/C17H14Br2N4O/c1-10-22-15-6-4-3-5-12(15)17(24)23(10)21-9-11-7-13(18)16(20-2)14(19)8-11/h3-9,20H,1-2H3/b21-9-. The zero-order chi connectivity index (χ0) is 17.3. The van der Waals surface area contributed by atoms with E-state index in [-0.39, 0.29) is 5.56 Å². The van der Waals surface area contributed by atoms with Gasteiger partial charge >= 0.3 is 0 Å². The first-order chi connectivity index (χ1) is 11.5. The largest absolute Gasteiger partial charge is 0.386 e. The molecule has 1 aromatic heterocycles. The molecule has 0 aliphatic rings. The van der Waals surface area contributed by atoms with Gasteiger partial charge in [-0.1, -0.05) is 12.1 Å². The maximum atomic E-state index is 12.6. The van der Waals surface area contributed by atoms with Crippen LogP contribution in [0.1, 0.15) is 11.4 Å². The van der Waals surface area contributed by atoms with Crippen molar-refractivity contribution in [3.8, 4) is 0 Å². The van der Waals surface area contributed by atoms with E-state index in [1.807, 2.05) is 37.4 Å². The molecule has 0 fully saturated rings. The number of para-hydroxylation sites is 1. The van der Waals surface area contributed by atoms with Crippen LogP contribution in [0.2, 0.25) is 0 Å². The molecule has 7 heteroatoms. The molecular weight excluding hydrogens is 436 g/mol. The molecule has 0 radical (unpaired) electrons. The van der Waals surface area contributed by atoms with Crippen molar-refractivity contribution in [1.29, 1.82) is 0 Å². The van der Waals surface area contributed by atoms with Crippen LogP contribution in [-0.2, 0) is 0 Å². The van der Waals surface area contributed by atoms with E-state index in [9.17, 15) is 4.79 Å². The van der Waals surface area contributed by atoms with E-state index in [4.69, 9.17) is 0 Å². The SMILES string of the molecule is CNc1c(Br)cc(/C=N\n2c(C)nc3ccccc3c2=O)cc1Br. The predicted octanol–water partition coefficient (Wildman–Crippen LogP) is 4.15. The Hall–Kier alpha value is -1.99. The molecule has 0 unspecified atom stereocenters. The summed E-state index contributed by atoms with van der Waals surface area (Å²) >= 11 is 7.02. The second-order valence-corrected chi connectivity index (χ2v) is 6.86. The molecule has 0 bridgehead atoms. The molecule has 0 spiro atoms. The third kappa shape index (κ3) is 3.14. The summed E-state index contributed by atoms with van der Waals surface area (Å²) in [7, 11) is 1.85. The third-order valence-electron chi connectivity index (χ3n) is 3.55. The smallest absolute Gasteiger partial charge is 0.282 e. The van der Waals surface area contributed by atoms with Crippen LogP contribution in [0.25, 0.3) is 10.9 Å². The predicted molar refractivity (Wildman–Crippen MR) is 105 cm³/mol. The van der Waals surface area contributed by atoms with Gasteiger partial charge in [0.1, 0.15) is 5.82 Å². The van der Waals surface area contributed by atoms with Gasteiger partial charge in [-0.25, -0.2) is 4.98 Å². The van der Waals surface area contributed by atoms with Crippen LogP contribution in [0.4, 0.5) is 5.69 Å². The molecule has 3 aromatic rings. The van der Waals surface area contributed by atoms with Gasteiger partial charge in [0.25, 0.3) is 5.56 Å². The van der Waals surface area contributed by atoms with Crippen molar-refractivity contribution in [2.75, 3.05) is 12.4 Å². The second kappa shape index (κ2) is 6.86. The lowest BCUT2D eigenvalue weighted by Crippen LogP contribution is -2.20. The first-order valence-electron chi connectivity index (χ1n) is 7.21. The van der Waals surface area contributed by atoms with E-state index in [1.54, 1.807) is 19.2 Å². The van der Waals surface area contributed by atoms with Crippen molar-refractivity contribution in [2.24, 2.45) is 5.10 Å². The quantitative estimate of drug-likeness (QED) is 0.611. The first kappa shape index (κ1) is 16.9. The third-order valence-corrected chi connectivity index (χ3v) is 4.80. The zero-order valence-corrected chi connectivity index (χ0v) is 16.2. The van der Waals surface area contributed by atoms with Gasteiger partial charge in [-0.15, -0.1) is 0 Å². The van der Waals surface area contributed by atoms with E-state index in [0.717, 1.165) is 20.2 Å². The average molecular weight is 450 g/mol. The fraction of sp³-hybridized carbons (Fsp3) is 0.118. The molecule has 0 atom stereocenters. The summed E-state index contributed by atoms with van der Waals surface area (Å²) in [5.41, 5.74) is 2.30. The molecule has 5 nitrogen and oxygen atoms in total. The lowest BCUT2D eigenvalue weighted by molar-refractivity contribution is 0.771. The van der Waals surface area contributed by atoms with E-state index in [2.05, 4.69) is 47.3 Å². The average Bonchev–Trinajstić information content (AvgIpc) is 2.54. The van der Waals surface area contributed by atoms with Crippen molar-refractivity contribution in [1.82, 2.24) is 9.66 Å². The number of aromatic nitrogens is 2. The molecule has 1 heterocycles. The molecule has 1 N–H and O–H groups in total. The Morgan fingerprint density at radius 2 is 1.88 bits per heavy atom. The van der Waals surface area contributed by atoms with E-state index >= 15 is 0 Å². The molecule has 24 heavy (non-hydrogen) atoms. The Balaban J connectivity index is 2.07. The topological polar surface area (TPSA) is 59.3 Å². The molecule has 2 aromatic carbocycles. The Morgan fingerprint density at radius 3 is 2.54 bits per heavy atom. The minimum atomic E-state index is -0.181. The van der Waals surface area contributed by atoms with Crippen LogP contribution in [-0.4, -0.2) is 22.9 Å². The van der Waals surface area contributed by atoms with Crippen molar-refractivity contribution in [3.63, 3.8) is 0 Å². The van der Waals surface area contributed by atoms with Gasteiger partial charge in [0, 0.05) is 16.0 Å². The number of fused-ring (bicyclic) bond motifs is 1. The molecule has 0 aliphatic carbocycles. The minimum absolute atomic E-state index is 0.181. The van der Waals surface area contributed by atoms with Crippen molar-refractivity contribution < 1.29 is 0 Å². The van der Waals surface area contributed by atoms with Crippen molar-refractivity contribution >= 4 is 54.7 Å². The number of hydrogen-bond acceptors (Lipinski definition) is 4. The van der Waals surface area contributed by atoms with Gasteiger partial charge in [0.05, 0.1) is 22.8 Å². The van der Waals surface area contributed by atoms with Gasteiger partial charge in [0.2, 0.25) is 0 Å². The van der Waals surface area contributed by atoms with Gasteiger partial charge in [-0.3, -0.25) is 4.79 Å². The van der Waals surface area contributed by atoms with Crippen LogP contribution in [0, 0.1) is 6.92 Å². The van der Waals surface area contributed by atoms with E-state index in [1.165, 1.54) is 4.68 Å². The molecule has 0 saturated heterocycles. The van der Waals surface area contributed by atoms with E-state index in [0.29, 0.717) is 16.7 Å². The summed E-state index contributed by atoms with van der Waals surface area (Å²) in [5, 5.41) is 7.97. The summed E-state index contributed by atoms with van der Waals surface area (Å²) in [4.78, 5) is 17.0. The highest BCUT2D eigenvalue weighted by molar-refractivity contribution is 9.11. The molecule has 0 amide bonds. The highest BCUT2D eigenvalue weighted by atomic mass is 79.9. The Labute approximate surface area is 155 Å². The number of nitrogens with zero attached hydrogens (tertiary/aromatic N) is 3. The van der Waals surface area contributed by atoms with Gasteiger partial charge in [0.15, 0.2) is 0 Å². The van der Waals surface area contributed by atoms with E-state index < -0.39 is 0 Å². The van der Waals surface area contributed by atoms with Gasteiger partial charge in [-0.05, 0) is 68.6 Å². The summed E-state index contributed by atoms with van der Waals surface area (Å²) in [6.07, 6.45) is 1.64. The number of aryl methyl sites for hydroxylation is 1. The monoisotopic (exact) mass is 448 g/mol. The molecule has 122 valence electrons. The van der Waals surface area contributed by atoms with Crippen molar-refractivity contribution in [2.45, 2.75) is 6.92 Å². The summed E-state index contributed by atoms with van der Waals surface area (Å²) < 4.78 is 3.12. The first-order valence-corrected chi connectivity index (χ1v) is 8.79. The van der Waals surface area contributed by atoms with Crippen LogP contribution in [0.15, 0.2) is 55.2 Å². The van der Waals surface area contributed by atoms with Crippen LogP contribution in [0.3, 0.4) is 0 Å². The maximum Gasteiger partial charge on any atom is 0.282 e. The second-order valence-electron chi connectivity index (χ2n) is 5.15. The number of anilines is 1. The normalized spacial score (nSPS) is 11.3. The number of benzene rings is 2. The number of halogens is 2. The molecular formula is C17H14Br2N4O. The van der Waals surface area contributed by atoms with Crippen LogP contribution in [0.5, 0.6) is 0 Å². The maximum absolute atomic E-state index is 12.6. The van der Waals surface area contributed by atoms with Gasteiger partial charge < -0.3 is 5.32 Å².